The Bertz CT molecular complexity index is 612. The van der Waals surface area contributed by atoms with Gasteiger partial charge in [0.15, 0.2) is 0 Å². The zero-order valence-electron chi connectivity index (χ0n) is 18.3. The summed E-state index contributed by atoms with van der Waals surface area (Å²) in [5, 5.41) is 30.8. The van der Waals surface area contributed by atoms with Crippen LogP contribution in [0.5, 0.6) is 0 Å². The predicted octanol–water partition coefficient (Wildman–Crippen LogP) is 5.06. The Morgan fingerprint density at radius 3 is 2.45 bits per heavy atom. The van der Waals surface area contributed by atoms with Gasteiger partial charge in [0, 0.05) is 6.42 Å². The number of halogens is 1. The topological polar surface area (TPSA) is 77.8 Å². The molecule has 3 N–H and O–H groups in total. The van der Waals surface area contributed by atoms with Gasteiger partial charge in [-0.05, 0) is 104 Å². The Labute approximate surface area is 186 Å². The fraction of sp³-hybridized carbons (Fsp3) is 0.958. The molecule has 168 valence electrons. The first-order valence-electron chi connectivity index (χ1n) is 11.8. The molecule has 0 aromatic rings. The molecule has 4 aliphatic rings. The molecule has 0 heterocycles. The Morgan fingerprint density at radius 2 is 1.76 bits per heavy atom. The maximum absolute atomic E-state index is 11.5. The summed E-state index contributed by atoms with van der Waals surface area (Å²) in [6.07, 6.45) is 9.26. The van der Waals surface area contributed by atoms with Crippen molar-refractivity contribution < 1.29 is 20.1 Å². The highest BCUT2D eigenvalue weighted by molar-refractivity contribution is 8.93. The number of fused-ring (bicyclic) bond motifs is 5. The second-order valence-electron chi connectivity index (χ2n) is 11.3. The van der Waals surface area contributed by atoms with Crippen LogP contribution in [0, 0.1) is 46.3 Å². The molecular weight excluding hydrogens is 432 g/mol. The Morgan fingerprint density at radius 1 is 1.03 bits per heavy atom. The van der Waals surface area contributed by atoms with E-state index >= 15 is 0 Å². The fourth-order valence-electron chi connectivity index (χ4n) is 8.71. The molecule has 0 spiro atoms. The maximum atomic E-state index is 11.5. The molecule has 0 aromatic carbocycles. The van der Waals surface area contributed by atoms with E-state index < -0.39 is 5.97 Å². The third kappa shape index (κ3) is 3.71. The van der Waals surface area contributed by atoms with E-state index in [4.69, 9.17) is 5.11 Å². The van der Waals surface area contributed by atoms with Crippen molar-refractivity contribution in [1.29, 1.82) is 0 Å². The molecule has 5 heteroatoms. The molecule has 4 nitrogen and oxygen atoms in total. The molecular formula is C24H41BrO4. The van der Waals surface area contributed by atoms with Gasteiger partial charge in [0.25, 0.3) is 0 Å². The van der Waals surface area contributed by atoms with Gasteiger partial charge < -0.3 is 15.3 Å². The van der Waals surface area contributed by atoms with E-state index in [1.165, 1.54) is 19.3 Å². The summed E-state index contributed by atoms with van der Waals surface area (Å²) in [6.45, 7) is 6.99. The molecule has 0 saturated heterocycles. The van der Waals surface area contributed by atoms with Gasteiger partial charge in [0.2, 0.25) is 0 Å². The first-order valence-corrected chi connectivity index (χ1v) is 11.8. The van der Waals surface area contributed by atoms with Gasteiger partial charge in [0.1, 0.15) is 0 Å². The van der Waals surface area contributed by atoms with Gasteiger partial charge in [0.05, 0.1) is 12.2 Å². The minimum atomic E-state index is -0.707. The lowest BCUT2D eigenvalue weighted by atomic mass is 9.43. The fourth-order valence-corrected chi connectivity index (χ4v) is 8.71. The summed E-state index contributed by atoms with van der Waals surface area (Å²) in [4.78, 5) is 11.1. The third-order valence-electron chi connectivity index (χ3n) is 10.3. The van der Waals surface area contributed by atoms with Gasteiger partial charge in [-0.15, -0.1) is 17.0 Å². The standard InChI is InChI=1S/C24H40O4.BrH/c1-14(4-9-22(27)28)18-7-8-19-17-6-5-15-12-16(25)10-11-23(15,2)20(17)13-21(26)24(18,19)3;/h14-21,25-26H,4-13H2,1-3H3,(H,27,28);1H/t14-,15-,16-,17+,18-,19+,20+,21+,23+,24-;/m1./s1. The number of carbonyl (C=O) groups is 1. The minimum absolute atomic E-state index is 0. The summed E-state index contributed by atoms with van der Waals surface area (Å²) in [7, 11) is 0. The molecule has 4 rings (SSSR count). The molecule has 4 saturated carbocycles. The van der Waals surface area contributed by atoms with Crippen LogP contribution in [0.4, 0.5) is 0 Å². The minimum Gasteiger partial charge on any atom is -0.481 e. The summed E-state index contributed by atoms with van der Waals surface area (Å²) >= 11 is 0. The number of aliphatic hydroxyl groups is 2. The first-order chi connectivity index (χ1) is 13.2. The van der Waals surface area contributed by atoms with Gasteiger partial charge >= 0.3 is 5.97 Å². The smallest absolute Gasteiger partial charge is 0.303 e. The van der Waals surface area contributed by atoms with Crippen molar-refractivity contribution in [3.63, 3.8) is 0 Å². The monoisotopic (exact) mass is 472 g/mol. The second kappa shape index (κ2) is 8.43. The molecule has 29 heavy (non-hydrogen) atoms. The van der Waals surface area contributed by atoms with Crippen molar-refractivity contribution in [2.24, 2.45) is 46.3 Å². The van der Waals surface area contributed by atoms with Crippen molar-refractivity contribution >= 4 is 23.0 Å². The molecule has 4 fully saturated rings. The normalized spacial score (nSPS) is 49.9. The second-order valence-corrected chi connectivity index (χ2v) is 11.3. The van der Waals surface area contributed by atoms with Crippen LogP contribution in [-0.4, -0.2) is 33.5 Å². The lowest BCUT2D eigenvalue weighted by Gasteiger charge is -2.62. The summed E-state index contributed by atoms with van der Waals surface area (Å²) in [6, 6.07) is 0. The van der Waals surface area contributed by atoms with E-state index in [0.717, 1.165) is 38.5 Å². The number of carboxylic acid groups (broad SMARTS) is 1. The van der Waals surface area contributed by atoms with Crippen molar-refractivity contribution in [3.05, 3.63) is 0 Å². The van der Waals surface area contributed by atoms with Crippen molar-refractivity contribution in [1.82, 2.24) is 0 Å². The quantitative estimate of drug-likeness (QED) is 0.534. The van der Waals surface area contributed by atoms with Gasteiger partial charge in [-0.2, -0.15) is 0 Å². The zero-order valence-corrected chi connectivity index (χ0v) is 20.1. The predicted molar refractivity (Wildman–Crippen MR) is 119 cm³/mol. The van der Waals surface area contributed by atoms with Gasteiger partial charge in [-0.3, -0.25) is 4.79 Å². The largest absolute Gasteiger partial charge is 0.481 e. The van der Waals surface area contributed by atoms with Crippen molar-refractivity contribution in [2.45, 2.75) is 97.2 Å². The number of aliphatic hydroxyl groups excluding tert-OH is 2. The summed E-state index contributed by atoms with van der Waals surface area (Å²) in [5.74, 6) is 2.55. The van der Waals surface area contributed by atoms with E-state index in [-0.39, 0.29) is 46.4 Å². The highest BCUT2D eigenvalue weighted by atomic mass is 79.9. The van der Waals surface area contributed by atoms with E-state index in [1.807, 2.05) is 0 Å². The zero-order chi connectivity index (χ0) is 20.3. The summed E-state index contributed by atoms with van der Waals surface area (Å²) in [5.41, 5.74) is 0.216. The Hall–Kier alpha value is -0.130. The molecule has 10 atom stereocenters. The molecule has 4 aliphatic carbocycles. The Balaban J connectivity index is 0.00000240. The molecule has 0 radical (unpaired) electrons. The number of aliphatic carboxylic acids is 1. The Kier molecular flexibility index (Phi) is 6.84. The van der Waals surface area contributed by atoms with Crippen LogP contribution >= 0.6 is 17.0 Å². The molecule has 0 amide bonds. The highest BCUT2D eigenvalue weighted by Gasteiger charge is 2.63. The highest BCUT2D eigenvalue weighted by Crippen LogP contribution is 2.68. The van der Waals surface area contributed by atoms with E-state index in [2.05, 4.69) is 20.8 Å². The lowest BCUT2D eigenvalue weighted by molar-refractivity contribution is -0.175. The SMILES string of the molecule is Br.C[C@H](CCC(=O)O)[C@H]1CC[C@H]2[C@@H]3CC[C@@H]4C[C@H](O)CC[C@]4(C)[C@H]3C[C@H](O)[C@]12C. The average Bonchev–Trinajstić information content (AvgIpc) is 3.00. The number of carboxylic acids is 1. The molecule has 0 unspecified atom stereocenters. The number of hydrogen-bond donors (Lipinski definition) is 3. The van der Waals surface area contributed by atoms with Crippen LogP contribution in [0.3, 0.4) is 0 Å². The van der Waals surface area contributed by atoms with Crippen molar-refractivity contribution in [2.75, 3.05) is 0 Å². The summed E-state index contributed by atoms with van der Waals surface area (Å²) < 4.78 is 0. The van der Waals surface area contributed by atoms with E-state index in [0.29, 0.717) is 35.5 Å². The maximum Gasteiger partial charge on any atom is 0.303 e. The molecule has 0 bridgehead atoms. The van der Waals surface area contributed by atoms with Crippen LogP contribution in [0.25, 0.3) is 0 Å². The van der Waals surface area contributed by atoms with Crippen LogP contribution in [0.2, 0.25) is 0 Å². The lowest BCUT2D eigenvalue weighted by Crippen LogP contribution is -2.58. The van der Waals surface area contributed by atoms with Gasteiger partial charge in [-0.25, -0.2) is 0 Å². The third-order valence-corrected chi connectivity index (χ3v) is 10.3. The van der Waals surface area contributed by atoms with E-state index in [9.17, 15) is 15.0 Å². The first kappa shape index (κ1) is 23.5. The van der Waals surface area contributed by atoms with Crippen molar-refractivity contribution in [3.8, 4) is 0 Å². The molecule has 0 aromatic heterocycles. The number of hydrogen-bond acceptors (Lipinski definition) is 3. The van der Waals surface area contributed by atoms with Crippen LogP contribution < -0.4 is 0 Å². The van der Waals surface area contributed by atoms with Gasteiger partial charge in [-0.1, -0.05) is 20.8 Å². The van der Waals surface area contributed by atoms with E-state index in [1.54, 1.807) is 0 Å². The van der Waals surface area contributed by atoms with Crippen LogP contribution in [0.15, 0.2) is 0 Å². The van der Waals surface area contributed by atoms with Crippen LogP contribution in [-0.2, 0) is 4.79 Å². The molecule has 0 aliphatic heterocycles. The number of rotatable bonds is 4. The van der Waals surface area contributed by atoms with Crippen LogP contribution in [0.1, 0.15) is 85.0 Å². The average molecular weight is 473 g/mol.